The number of ketones is 2. The summed E-state index contributed by atoms with van der Waals surface area (Å²) >= 11 is 0. The van der Waals surface area contributed by atoms with Crippen molar-refractivity contribution in [3.8, 4) is 5.75 Å². The van der Waals surface area contributed by atoms with Crippen LogP contribution in [0.1, 0.15) is 94.9 Å². The highest BCUT2D eigenvalue weighted by atomic mass is 16.6. The number of hydrogen-bond acceptors (Lipinski definition) is 10. The molecule has 63 heavy (non-hydrogen) atoms. The van der Waals surface area contributed by atoms with Crippen molar-refractivity contribution >= 4 is 41.5 Å². The fraction of sp³-hybridized carbons (Fsp3) is 0.468. The number of carbonyl (C=O) groups excluding carboxylic acids is 6. The number of phenols is 1. The molecule has 0 saturated heterocycles. The van der Waals surface area contributed by atoms with Crippen LogP contribution in [0.2, 0.25) is 0 Å². The monoisotopic (exact) mass is 872 g/mol. The summed E-state index contributed by atoms with van der Waals surface area (Å²) in [5.41, 5.74) is 19.3. The molecule has 10 N–H and O–H groups in total. The number of aryl methyl sites for hydroxylation is 2. The average molecular weight is 873 g/mol. The number of guanidine groups is 1. The zero-order chi connectivity index (χ0) is 47.5. The lowest BCUT2D eigenvalue weighted by Crippen LogP contribution is -2.48. The molecule has 0 bridgehead atoms. The van der Waals surface area contributed by atoms with Gasteiger partial charge in [-0.15, -0.1) is 0 Å². The number of nitrogens with zero attached hydrogens (tertiary/aromatic N) is 1. The van der Waals surface area contributed by atoms with E-state index in [2.05, 4.69) is 20.9 Å². The number of rotatable bonds is 25. The van der Waals surface area contributed by atoms with Gasteiger partial charge in [-0.2, -0.15) is 0 Å². The van der Waals surface area contributed by atoms with Crippen LogP contribution in [0.25, 0.3) is 0 Å². The van der Waals surface area contributed by atoms with Gasteiger partial charge in [0.25, 0.3) is 0 Å². The molecule has 0 aliphatic carbocycles. The quantitative estimate of drug-likeness (QED) is 0.0340. The molecule has 0 saturated carbocycles. The Bertz CT molecular complexity index is 2050. The van der Waals surface area contributed by atoms with E-state index in [4.69, 9.17) is 28.0 Å². The zero-order valence-electron chi connectivity index (χ0n) is 38.0. The van der Waals surface area contributed by atoms with Crippen molar-refractivity contribution in [2.45, 2.75) is 117 Å². The van der Waals surface area contributed by atoms with Gasteiger partial charge in [0.15, 0.2) is 17.5 Å². The summed E-state index contributed by atoms with van der Waals surface area (Å²) in [4.78, 5) is 85.2. The number of ether oxygens (including phenoxy) is 2. The van der Waals surface area contributed by atoms with Crippen molar-refractivity contribution in [3.63, 3.8) is 0 Å². The molecule has 16 nitrogen and oxygen atoms in total. The van der Waals surface area contributed by atoms with Crippen LogP contribution in [0.5, 0.6) is 5.75 Å². The maximum atomic E-state index is 14.6. The summed E-state index contributed by atoms with van der Waals surface area (Å²) in [5.74, 6) is -6.09. The molecule has 0 unspecified atom stereocenters. The minimum absolute atomic E-state index is 0.0102. The normalized spacial score (nSPS) is 13.8. The molecule has 0 aliphatic rings. The topological polar surface area (TPSA) is 268 Å². The second kappa shape index (κ2) is 25.5. The van der Waals surface area contributed by atoms with E-state index in [0.29, 0.717) is 41.5 Å². The highest BCUT2D eigenvalue weighted by molar-refractivity contribution is 5.95. The summed E-state index contributed by atoms with van der Waals surface area (Å²) in [6.45, 7) is 8.98. The summed E-state index contributed by atoms with van der Waals surface area (Å²) < 4.78 is 19.8. The molecule has 0 radical (unpaired) electrons. The highest BCUT2D eigenvalue weighted by Gasteiger charge is 2.33. The van der Waals surface area contributed by atoms with Gasteiger partial charge in [-0.25, -0.2) is 9.59 Å². The molecule has 4 amide bonds. The molecule has 0 heterocycles. The first-order chi connectivity index (χ1) is 30.2. The van der Waals surface area contributed by atoms with Gasteiger partial charge in [0.1, 0.15) is 18.0 Å². The van der Waals surface area contributed by atoms with Crippen LogP contribution < -0.4 is 33.2 Å². The first-order valence-corrected chi connectivity index (χ1v) is 21.1. The number of alkyl carbamates (subject to hydrolysis) is 2. The molecule has 16 heteroatoms. The SMILES string of the molecule is [2H][C@](CC(=O)[C@H](CCCCNC(=O)OCc1ccccc1)NC(=O)[C@@H](CC(=O)[C@@H](CCCN=C(N)N)NC(=O)OC(C)(C)C)Cc1c(C)cc(O)cc1C)(Cc1ccccc1)C(N)=O. The minimum atomic E-state index is -2.06. The lowest BCUT2D eigenvalue weighted by Gasteiger charge is -2.26. The first kappa shape index (κ1) is 49.2. The number of phenolic OH excluding ortho intramolecular Hbond substituents is 1. The molecular formula is C47H65N7O9. The molecule has 0 spiro atoms. The number of primary amides is 1. The Kier molecular flexibility index (Phi) is 19.9. The molecular weight excluding hydrogens is 807 g/mol. The van der Waals surface area contributed by atoms with E-state index in [0.717, 1.165) is 5.56 Å². The molecule has 0 aliphatic heterocycles. The van der Waals surface area contributed by atoms with Crippen molar-refractivity contribution in [1.82, 2.24) is 16.0 Å². The third-order valence-electron chi connectivity index (χ3n) is 10.1. The molecule has 0 fully saturated rings. The van der Waals surface area contributed by atoms with Crippen LogP contribution in [-0.2, 0) is 48.1 Å². The number of nitrogens with two attached hydrogens (primary N) is 3. The molecule has 0 aromatic heterocycles. The van der Waals surface area contributed by atoms with Crippen LogP contribution in [0.3, 0.4) is 0 Å². The third-order valence-corrected chi connectivity index (χ3v) is 10.1. The van der Waals surface area contributed by atoms with Crippen molar-refractivity contribution in [1.29, 1.82) is 0 Å². The van der Waals surface area contributed by atoms with E-state index < -0.39 is 71.5 Å². The summed E-state index contributed by atoms with van der Waals surface area (Å²) in [6.07, 6.45) is -1.48. The van der Waals surface area contributed by atoms with Gasteiger partial charge in [-0.05, 0) is 120 Å². The van der Waals surface area contributed by atoms with Gasteiger partial charge in [0, 0.05) is 39.1 Å². The van der Waals surface area contributed by atoms with Crippen molar-refractivity contribution < 1.29 is 44.7 Å². The van der Waals surface area contributed by atoms with Gasteiger partial charge >= 0.3 is 12.2 Å². The predicted octanol–water partition coefficient (Wildman–Crippen LogP) is 4.96. The zero-order valence-corrected chi connectivity index (χ0v) is 37.0. The van der Waals surface area contributed by atoms with Gasteiger partial charge in [0.2, 0.25) is 11.8 Å². The lowest BCUT2D eigenvalue weighted by molar-refractivity contribution is -0.134. The lowest BCUT2D eigenvalue weighted by atomic mass is 9.86. The fourth-order valence-electron chi connectivity index (χ4n) is 6.90. The Labute approximate surface area is 371 Å². The van der Waals surface area contributed by atoms with Crippen LogP contribution in [0.4, 0.5) is 9.59 Å². The summed E-state index contributed by atoms with van der Waals surface area (Å²) in [7, 11) is 0. The number of Topliss-reactive ketones (excluding diaryl/α,β-unsaturated/α-hetero) is 2. The second-order valence-electron chi connectivity index (χ2n) is 16.6. The van der Waals surface area contributed by atoms with E-state index in [1.807, 2.05) is 30.3 Å². The number of aliphatic imine (C=N–C) groups is 1. The smallest absolute Gasteiger partial charge is 0.408 e. The first-order valence-electron chi connectivity index (χ1n) is 21.6. The van der Waals surface area contributed by atoms with E-state index >= 15 is 0 Å². The van der Waals surface area contributed by atoms with E-state index in [1.165, 1.54) is 12.1 Å². The minimum Gasteiger partial charge on any atom is -0.508 e. The van der Waals surface area contributed by atoms with E-state index in [1.54, 1.807) is 65.0 Å². The van der Waals surface area contributed by atoms with Gasteiger partial charge in [-0.3, -0.25) is 24.2 Å². The molecule has 4 atom stereocenters. The second-order valence-corrected chi connectivity index (χ2v) is 16.6. The van der Waals surface area contributed by atoms with Gasteiger partial charge in [-0.1, -0.05) is 60.7 Å². The predicted molar refractivity (Wildman–Crippen MR) is 240 cm³/mol. The van der Waals surface area contributed by atoms with Gasteiger partial charge in [0.05, 0.1) is 12.1 Å². The Morgan fingerprint density at radius 3 is 1.92 bits per heavy atom. The van der Waals surface area contributed by atoms with Crippen molar-refractivity contribution in [2.75, 3.05) is 13.1 Å². The standard InChI is InChI=1S/C47H65N7O9/c1-30-23-36(55)24-31(2)37(30)26-35(28-41(57)39(20-14-22-51-44(49)50)54-46(61)63-47(3,4)5)43(59)53-38(40(56)27-34(42(48)58)25-32-15-8-6-9-16-32)19-12-13-21-52-45(60)62-29-33-17-10-7-11-18-33/h6-11,15-18,23-24,34-35,38-39,55H,12-14,19-22,25-29H2,1-5H3,(H2,48,58)(H,52,60)(H,53,59)(H,54,61)(H4,49,50,51)/t34-,35-,38+,39-/m1/s1/i34D. The van der Waals surface area contributed by atoms with Crippen LogP contribution in [-0.4, -0.2) is 77.4 Å². The van der Waals surface area contributed by atoms with Crippen LogP contribution in [0.15, 0.2) is 77.8 Å². The number of nitrogens with one attached hydrogen (secondary N) is 3. The van der Waals surface area contributed by atoms with Gasteiger partial charge < -0.3 is 47.7 Å². The molecule has 3 rings (SSSR count). The maximum Gasteiger partial charge on any atom is 0.408 e. The Morgan fingerprint density at radius 2 is 1.33 bits per heavy atom. The average Bonchev–Trinajstić information content (AvgIpc) is 3.21. The number of amides is 4. The van der Waals surface area contributed by atoms with Crippen molar-refractivity contribution in [3.05, 3.63) is 101 Å². The fourth-order valence-corrected chi connectivity index (χ4v) is 6.90. The Balaban J connectivity index is 1.92. The number of carbonyl (C=O) groups is 6. The maximum absolute atomic E-state index is 14.6. The van der Waals surface area contributed by atoms with E-state index in [-0.39, 0.29) is 63.5 Å². The number of benzene rings is 3. The third kappa shape index (κ3) is 19.4. The Hall–Kier alpha value is -6.45. The number of aromatic hydroxyl groups is 1. The largest absolute Gasteiger partial charge is 0.508 e. The molecule has 3 aromatic carbocycles. The number of hydrogen-bond donors (Lipinski definition) is 7. The van der Waals surface area contributed by atoms with E-state index in [9.17, 15) is 33.9 Å². The summed E-state index contributed by atoms with van der Waals surface area (Å²) in [6, 6.07) is 18.6. The Morgan fingerprint density at radius 1 is 0.762 bits per heavy atom. The molecule has 3 aromatic rings. The number of unbranched alkanes of at least 4 members (excludes halogenated alkanes) is 1. The molecule has 342 valence electrons. The summed E-state index contributed by atoms with van der Waals surface area (Å²) in [5, 5.41) is 18.4. The highest BCUT2D eigenvalue weighted by Crippen LogP contribution is 2.26. The van der Waals surface area contributed by atoms with Crippen LogP contribution in [0, 0.1) is 25.7 Å². The van der Waals surface area contributed by atoms with Crippen LogP contribution >= 0.6 is 0 Å². The van der Waals surface area contributed by atoms with Crippen molar-refractivity contribution in [2.24, 2.45) is 34.0 Å².